The van der Waals surface area contributed by atoms with Crippen molar-refractivity contribution in [2.45, 2.75) is 0 Å². The highest BCUT2D eigenvalue weighted by molar-refractivity contribution is 7.26. The van der Waals surface area contributed by atoms with Crippen molar-refractivity contribution in [2.75, 3.05) is 0 Å². The van der Waals surface area contributed by atoms with Crippen LogP contribution in [0.15, 0.2) is 211 Å². The molecule has 0 aliphatic heterocycles. The summed E-state index contributed by atoms with van der Waals surface area (Å²) >= 11 is 1.89. The fraction of sp³-hybridized carbons (Fsp3) is 0. The Morgan fingerprint density at radius 2 is 0.717 bits per heavy atom. The lowest BCUT2D eigenvalue weighted by Gasteiger charge is -2.19. The minimum Gasteiger partial charge on any atom is -0.456 e. The average molecular weight is 779 g/mol. The standard InChI is InChI=1S/C58H34OS/c1-2-16-35(17-3-1)53-37-18-4-6-20-39(37)54(40-21-7-5-19-38(40)53)36-32-33-51-48(34-36)58-47(28-15-31-52(58)60-51)56-43-24-10-8-22-41(43)55(42-23-9-11-25-44(42)56)46-27-14-30-50-57(46)45-26-12-13-29-49(45)59-50/h1-34H. The number of hydrogen-bond donors (Lipinski definition) is 0. The van der Waals surface area contributed by atoms with Crippen molar-refractivity contribution < 1.29 is 4.42 Å². The lowest BCUT2D eigenvalue weighted by molar-refractivity contribution is 0.669. The zero-order chi connectivity index (χ0) is 39.3. The Morgan fingerprint density at radius 3 is 1.30 bits per heavy atom. The van der Waals surface area contributed by atoms with E-state index >= 15 is 0 Å². The number of thiophene rings is 1. The molecule has 278 valence electrons. The second-order valence-corrected chi connectivity index (χ2v) is 16.9. The van der Waals surface area contributed by atoms with E-state index in [1.165, 1.54) is 108 Å². The number of benzene rings is 11. The van der Waals surface area contributed by atoms with Crippen LogP contribution in [0.4, 0.5) is 0 Å². The van der Waals surface area contributed by atoms with E-state index in [0.717, 1.165) is 21.9 Å². The Morgan fingerprint density at radius 1 is 0.267 bits per heavy atom. The van der Waals surface area contributed by atoms with Gasteiger partial charge in [0.25, 0.3) is 0 Å². The molecule has 13 aromatic rings. The molecule has 60 heavy (non-hydrogen) atoms. The average Bonchev–Trinajstić information content (AvgIpc) is 3.89. The molecule has 0 amide bonds. The molecule has 0 unspecified atom stereocenters. The summed E-state index contributed by atoms with van der Waals surface area (Å²) in [5, 5.41) is 14.9. The van der Waals surface area contributed by atoms with Crippen molar-refractivity contribution >= 4 is 96.5 Å². The third-order valence-corrected chi connectivity index (χ3v) is 13.8. The first kappa shape index (κ1) is 33.5. The molecule has 2 heterocycles. The molecule has 0 spiro atoms. The Bertz CT molecular complexity index is 3770. The van der Waals surface area contributed by atoms with Gasteiger partial charge >= 0.3 is 0 Å². The van der Waals surface area contributed by atoms with E-state index in [0.29, 0.717) is 0 Å². The third kappa shape index (κ3) is 4.80. The van der Waals surface area contributed by atoms with Crippen LogP contribution in [-0.2, 0) is 0 Å². The number of para-hydroxylation sites is 1. The van der Waals surface area contributed by atoms with Gasteiger partial charge in [-0.25, -0.2) is 0 Å². The molecular weight excluding hydrogens is 745 g/mol. The van der Waals surface area contributed by atoms with Gasteiger partial charge in [0.2, 0.25) is 0 Å². The van der Waals surface area contributed by atoms with E-state index in [9.17, 15) is 0 Å². The largest absolute Gasteiger partial charge is 0.456 e. The molecule has 0 bridgehead atoms. The van der Waals surface area contributed by atoms with Crippen LogP contribution in [0.25, 0.3) is 130 Å². The summed E-state index contributed by atoms with van der Waals surface area (Å²) < 4.78 is 9.01. The van der Waals surface area contributed by atoms with Gasteiger partial charge in [0.15, 0.2) is 0 Å². The van der Waals surface area contributed by atoms with E-state index in [1.807, 2.05) is 17.4 Å². The van der Waals surface area contributed by atoms with E-state index in [4.69, 9.17) is 4.42 Å². The molecule has 0 saturated heterocycles. The monoisotopic (exact) mass is 778 g/mol. The minimum atomic E-state index is 0.909. The highest BCUT2D eigenvalue weighted by Gasteiger charge is 2.23. The van der Waals surface area contributed by atoms with Gasteiger partial charge < -0.3 is 4.42 Å². The molecule has 1 nitrogen and oxygen atoms in total. The van der Waals surface area contributed by atoms with Crippen LogP contribution in [0.5, 0.6) is 0 Å². The van der Waals surface area contributed by atoms with Crippen molar-refractivity contribution in [1.29, 1.82) is 0 Å². The van der Waals surface area contributed by atoms with Gasteiger partial charge in [-0.2, -0.15) is 0 Å². The predicted molar refractivity (Wildman–Crippen MR) is 258 cm³/mol. The normalized spacial score (nSPS) is 12.0. The summed E-state index contributed by atoms with van der Waals surface area (Å²) in [6, 6.07) is 75.7. The van der Waals surface area contributed by atoms with Gasteiger partial charge in [-0.3, -0.25) is 0 Å². The molecule has 2 aromatic heterocycles. The molecule has 13 rings (SSSR count). The van der Waals surface area contributed by atoms with E-state index in [2.05, 4.69) is 200 Å². The zero-order valence-electron chi connectivity index (χ0n) is 32.4. The van der Waals surface area contributed by atoms with Crippen LogP contribution < -0.4 is 0 Å². The molecular formula is C58H34OS. The van der Waals surface area contributed by atoms with Gasteiger partial charge in [0, 0.05) is 30.9 Å². The number of hydrogen-bond acceptors (Lipinski definition) is 2. The van der Waals surface area contributed by atoms with Gasteiger partial charge in [-0.15, -0.1) is 11.3 Å². The second-order valence-electron chi connectivity index (χ2n) is 15.8. The minimum absolute atomic E-state index is 0.909. The second kappa shape index (κ2) is 13.0. The Labute approximate surface area is 350 Å². The number of furan rings is 1. The van der Waals surface area contributed by atoms with Crippen LogP contribution in [-0.4, -0.2) is 0 Å². The summed E-state index contributed by atoms with van der Waals surface area (Å²) in [6.07, 6.45) is 0. The topological polar surface area (TPSA) is 13.1 Å². The van der Waals surface area contributed by atoms with Crippen molar-refractivity contribution in [1.82, 2.24) is 0 Å². The number of rotatable bonds is 4. The Hall–Kier alpha value is -7.52. The maximum Gasteiger partial charge on any atom is 0.136 e. The molecule has 0 aliphatic carbocycles. The van der Waals surface area contributed by atoms with Gasteiger partial charge in [-0.05, 0) is 118 Å². The quantitative estimate of drug-likeness (QED) is 0.162. The summed E-state index contributed by atoms with van der Waals surface area (Å²) in [7, 11) is 0. The van der Waals surface area contributed by atoms with E-state index in [1.54, 1.807) is 0 Å². The molecule has 0 fully saturated rings. The lowest BCUT2D eigenvalue weighted by atomic mass is 9.83. The van der Waals surface area contributed by atoms with Crippen LogP contribution >= 0.6 is 11.3 Å². The van der Waals surface area contributed by atoms with E-state index < -0.39 is 0 Å². The molecule has 0 aliphatic rings. The predicted octanol–water partition coefficient (Wildman–Crippen LogP) is 17.2. The first-order valence-electron chi connectivity index (χ1n) is 20.6. The van der Waals surface area contributed by atoms with Crippen LogP contribution in [0.2, 0.25) is 0 Å². The first-order chi connectivity index (χ1) is 29.8. The lowest BCUT2D eigenvalue weighted by Crippen LogP contribution is -1.92. The smallest absolute Gasteiger partial charge is 0.136 e. The Kier molecular flexibility index (Phi) is 7.24. The molecule has 2 heteroatoms. The van der Waals surface area contributed by atoms with Crippen molar-refractivity contribution in [3.63, 3.8) is 0 Å². The molecule has 0 radical (unpaired) electrons. The van der Waals surface area contributed by atoms with E-state index in [-0.39, 0.29) is 0 Å². The van der Waals surface area contributed by atoms with Gasteiger partial charge in [-0.1, -0.05) is 176 Å². The fourth-order valence-corrected chi connectivity index (χ4v) is 11.4. The highest BCUT2D eigenvalue weighted by atomic mass is 32.1. The van der Waals surface area contributed by atoms with Crippen molar-refractivity contribution in [3.05, 3.63) is 206 Å². The van der Waals surface area contributed by atoms with Crippen LogP contribution in [0.3, 0.4) is 0 Å². The maximum absolute atomic E-state index is 6.43. The molecule has 11 aromatic carbocycles. The summed E-state index contributed by atoms with van der Waals surface area (Å²) in [4.78, 5) is 0. The maximum atomic E-state index is 6.43. The summed E-state index contributed by atoms with van der Waals surface area (Å²) in [5.41, 5.74) is 11.8. The number of fused-ring (bicyclic) bond motifs is 10. The van der Waals surface area contributed by atoms with Crippen LogP contribution in [0, 0.1) is 0 Å². The fourth-order valence-electron chi connectivity index (χ4n) is 10.2. The van der Waals surface area contributed by atoms with Crippen molar-refractivity contribution in [3.8, 4) is 44.5 Å². The highest BCUT2D eigenvalue weighted by Crippen LogP contribution is 2.51. The molecule has 0 atom stereocenters. The molecule has 0 saturated carbocycles. The van der Waals surface area contributed by atoms with Gasteiger partial charge in [0.1, 0.15) is 11.2 Å². The third-order valence-electron chi connectivity index (χ3n) is 12.7. The summed E-state index contributed by atoms with van der Waals surface area (Å²) in [5.74, 6) is 0. The molecule has 0 N–H and O–H groups in total. The first-order valence-corrected chi connectivity index (χ1v) is 21.4. The Balaban J connectivity index is 1.11. The van der Waals surface area contributed by atoms with Crippen LogP contribution in [0.1, 0.15) is 0 Å². The van der Waals surface area contributed by atoms with Crippen molar-refractivity contribution in [2.24, 2.45) is 0 Å². The zero-order valence-corrected chi connectivity index (χ0v) is 33.3. The summed E-state index contributed by atoms with van der Waals surface area (Å²) in [6.45, 7) is 0. The SMILES string of the molecule is c1ccc(-c2c3ccccc3c(-c3ccc4sc5cccc(-c6c7ccccc7c(-c7cccc8oc9ccccc9c78)c7ccccc67)c5c4c3)c3ccccc23)cc1. The van der Waals surface area contributed by atoms with Gasteiger partial charge in [0.05, 0.1) is 0 Å².